The van der Waals surface area contributed by atoms with Crippen molar-refractivity contribution in [3.63, 3.8) is 0 Å². The fourth-order valence-electron chi connectivity index (χ4n) is 2.32. The highest BCUT2D eigenvalue weighted by molar-refractivity contribution is 9.10. The number of hydrogen-bond acceptors (Lipinski definition) is 5. The topological polar surface area (TPSA) is 69.4 Å². The average molecular weight is 354 g/mol. The summed E-state index contributed by atoms with van der Waals surface area (Å²) in [4.78, 5) is 4.19. The van der Waals surface area contributed by atoms with Crippen LogP contribution in [0.25, 0.3) is 0 Å². The van der Waals surface area contributed by atoms with Gasteiger partial charge in [-0.25, -0.2) is 4.98 Å². The summed E-state index contributed by atoms with van der Waals surface area (Å²) >= 11 is 3.46. The summed E-state index contributed by atoms with van der Waals surface area (Å²) in [5.74, 6) is 2.10. The number of hydrogen-bond donors (Lipinski definition) is 1. The van der Waals surface area contributed by atoms with Crippen LogP contribution in [-0.4, -0.2) is 33.1 Å². The van der Waals surface area contributed by atoms with Crippen LogP contribution in [0.15, 0.2) is 22.9 Å². The molecule has 1 aromatic heterocycles. The highest BCUT2D eigenvalue weighted by Crippen LogP contribution is 2.40. The third kappa shape index (κ3) is 2.89. The van der Waals surface area contributed by atoms with E-state index in [9.17, 15) is 5.11 Å². The monoisotopic (exact) mass is 353 g/mol. The van der Waals surface area contributed by atoms with Crippen molar-refractivity contribution in [1.82, 2.24) is 14.8 Å². The van der Waals surface area contributed by atoms with Crippen molar-refractivity contribution in [2.24, 2.45) is 0 Å². The Hall–Kier alpha value is -1.60. The minimum Gasteiger partial charge on any atom is -0.486 e. The number of aliphatic hydroxyl groups excluding tert-OH is 1. The van der Waals surface area contributed by atoms with Crippen molar-refractivity contribution in [3.8, 4) is 11.5 Å². The lowest BCUT2D eigenvalue weighted by Gasteiger charge is -2.21. The second-order valence-electron chi connectivity index (χ2n) is 4.74. The van der Waals surface area contributed by atoms with Gasteiger partial charge in [0.15, 0.2) is 11.5 Å². The third-order valence-electron chi connectivity index (χ3n) is 3.38. The molecule has 0 bridgehead atoms. The maximum Gasteiger partial charge on any atom is 0.175 e. The number of rotatable bonds is 4. The van der Waals surface area contributed by atoms with Gasteiger partial charge >= 0.3 is 0 Å². The van der Waals surface area contributed by atoms with Crippen molar-refractivity contribution in [3.05, 3.63) is 34.3 Å². The molecule has 1 N–H and O–H groups in total. The number of aromatic nitrogens is 3. The fourth-order valence-corrected chi connectivity index (χ4v) is 2.90. The van der Waals surface area contributed by atoms with Crippen LogP contribution in [0.1, 0.15) is 24.4 Å². The lowest BCUT2D eigenvalue weighted by atomic mass is 10.1. The normalized spacial score (nSPS) is 15.0. The SMILES string of the molecule is CCn1ncnc1CC(O)c1cc(Br)c2c(c1)OCCO2. The molecule has 0 amide bonds. The molecule has 21 heavy (non-hydrogen) atoms. The molecule has 0 saturated heterocycles. The van der Waals surface area contributed by atoms with Crippen molar-refractivity contribution in [1.29, 1.82) is 0 Å². The van der Waals surface area contributed by atoms with E-state index < -0.39 is 6.10 Å². The second kappa shape index (κ2) is 6.03. The molecular formula is C14H16BrN3O3. The van der Waals surface area contributed by atoms with Crippen molar-refractivity contribution in [2.45, 2.75) is 26.0 Å². The minimum absolute atomic E-state index is 0.403. The molecule has 0 radical (unpaired) electrons. The van der Waals surface area contributed by atoms with E-state index in [1.165, 1.54) is 6.33 Å². The lowest BCUT2D eigenvalue weighted by molar-refractivity contribution is 0.162. The molecule has 6 nitrogen and oxygen atoms in total. The smallest absolute Gasteiger partial charge is 0.175 e. The Morgan fingerprint density at radius 3 is 3.00 bits per heavy atom. The predicted molar refractivity (Wildman–Crippen MR) is 79.5 cm³/mol. The van der Waals surface area contributed by atoms with Gasteiger partial charge in [0, 0.05) is 13.0 Å². The average Bonchev–Trinajstić information content (AvgIpc) is 2.94. The second-order valence-corrected chi connectivity index (χ2v) is 5.59. The van der Waals surface area contributed by atoms with E-state index in [4.69, 9.17) is 9.47 Å². The number of ether oxygens (including phenoxy) is 2. The standard InChI is InChI=1S/C14H16BrN3O3/c1-2-18-13(16-8-17-18)7-11(19)9-5-10(15)14-12(6-9)20-3-4-21-14/h5-6,8,11,19H,2-4,7H2,1H3. The molecule has 0 fully saturated rings. The maximum atomic E-state index is 10.4. The first-order valence-corrected chi connectivity index (χ1v) is 7.62. The molecule has 3 rings (SSSR count). The summed E-state index contributed by atoms with van der Waals surface area (Å²) in [6.07, 6.45) is 1.23. The molecule has 0 spiro atoms. The van der Waals surface area contributed by atoms with Gasteiger partial charge in [-0.15, -0.1) is 0 Å². The Morgan fingerprint density at radius 2 is 2.19 bits per heavy atom. The maximum absolute atomic E-state index is 10.4. The predicted octanol–water partition coefficient (Wildman–Crippen LogP) is 2.11. The molecule has 112 valence electrons. The van der Waals surface area contributed by atoms with Gasteiger partial charge in [-0.1, -0.05) is 0 Å². The molecule has 2 aromatic rings. The van der Waals surface area contributed by atoms with Crippen LogP contribution in [-0.2, 0) is 13.0 Å². The Kier molecular flexibility index (Phi) is 4.12. The highest BCUT2D eigenvalue weighted by Gasteiger charge is 2.20. The van der Waals surface area contributed by atoms with Gasteiger partial charge in [-0.05, 0) is 40.5 Å². The van der Waals surface area contributed by atoms with Gasteiger partial charge in [0.2, 0.25) is 0 Å². The first-order valence-electron chi connectivity index (χ1n) is 6.82. The van der Waals surface area contributed by atoms with E-state index >= 15 is 0 Å². The third-order valence-corrected chi connectivity index (χ3v) is 3.96. The van der Waals surface area contributed by atoms with E-state index in [-0.39, 0.29) is 0 Å². The Bertz CT molecular complexity index is 644. The zero-order valence-electron chi connectivity index (χ0n) is 11.6. The summed E-state index contributed by atoms with van der Waals surface area (Å²) in [7, 11) is 0. The van der Waals surface area contributed by atoms with Crippen LogP contribution in [0.2, 0.25) is 0 Å². The first-order chi connectivity index (χ1) is 10.2. The quantitative estimate of drug-likeness (QED) is 0.911. The van der Waals surface area contributed by atoms with Crippen LogP contribution in [0, 0.1) is 0 Å². The van der Waals surface area contributed by atoms with Gasteiger partial charge in [0.25, 0.3) is 0 Å². The molecule has 0 aliphatic carbocycles. The molecule has 7 heteroatoms. The minimum atomic E-state index is -0.674. The van der Waals surface area contributed by atoms with Crippen molar-refractivity contribution >= 4 is 15.9 Å². The van der Waals surface area contributed by atoms with E-state index in [0.29, 0.717) is 31.1 Å². The molecule has 1 aliphatic heterocycles. The van der Waals surface area contributed by atoms with Gasteiger partial charge < -0.3 is 14.6 Å². The van der Waals surface area contributed by atoms with E-state index in [2.05, 4.69) is 26.0 Å². The van der Waals surface area contributed by atoms with E-state index in [0.717, 1.165) is 22.4 Å². The molecule has 0 saturated carbocycles. The van der Waals surface area contributed by atoms with Crippen molar-refractivity contribution < 1.29 is 14.6 Å². The summed E-state index contributed by atoms with van der Waals surface area (Å²) in [6.45, 7) is 3.77. The largest absolute Gasteiger partial charge is 0.486 e. The lowest BCUT2D eigenvalue weighted by Crippen LogP contribution is -2.16. The Labute approximate surface area is 130 Å². The fraction of sp³-hybridized carbons (Fsp3) is 0.429. The number of aliphatic hydroxyl groups is 1. The molecule has 1 aromatic carbocycles. The van der Waals surface area contributed by atoms with Crippen LogP contribution in [0.4, 0.5) is 0 Å². The van der Waals surface area contributed by atoms with Gasteiger partial charge in [0.1, 0.15) is 25.4 Å². The molecule has 1 atom stereocenters. The molecule has 1 aliphatic rings. The van der Waals surface area contributed by atoms with E-state index in [1.807, 2.05) is 19.1 Å². The van der Waals surface area contributed by atoms with Crippen LogP contribution in [0.3, 0.4) is 0 Å². The Balaban J connectivity index is 1.84. The van der Waals surface area contributed by atoms with Crippen molar-refractivity contribution in [2.75, 3.05) is 13.2 Å². The zero-order valence-corrected chi connectivity index (χ0v) is 13.2. The van der Waals surface area contributed by atoms with Gasteiger partial charge in [0.05, 0.1) is 10.6 Å². The van der Waals surface area contributed by atoms with Crippen LogP contribution < -0.4 is 9.47 Å². The van der Waals surface area contributed by atoms with Gasteiger partial charge in [-0.2, -0.15) is 5.10 Å². The van der Waals surface area contributed by atoms with Gasteiger partial charge in [-0.3, -0.25) is 4.68 Å². The number of nitrogens with zero attached hydrogens (tertiary/aromatic N) is 3. The first kappa shape index (κ1) is 14.3. The summed E-state index contributed by atoms with van der Waals surface area (Å²) < 4.78 is 13.7. The van der Waals surface area contributed by atoms with Crippen LogP contribution in [0.5, 0.6) is 11.5 Å². The molecular weight excluding hydrogens is 338 g/mol. The Morgan fingerprint density at radius 1 is 1.38 bits per heavy atom. The number of benzene rings is 1. The summed E-state index contributed by atoms with van der Waals surface area (Å²) in [5.41, 5.74) is 0.761. The number of aryl methyl sites for hydroxylation is 1. The summed E-state index contributed by atoms with van der Waals surface area (Å²) in [5, 5.41) is 14.5. The zero-order chi connectivity index (χ0) is 14.8. The molecule has 2 heterocycles. The van der Waals surface area contributed by atoms with E-state index in [1.54, 1.807) is 4.68 Å². The van der Waals surface area contributed by atoms with Crippen LogP contribution >= 0.6 is 15.9 Å². The molecule has 1 unspecified atom stereocenters. The number of fused-ring (bicyclic) bond motifs is 1. The summed E-state index contributed by atoms with van der Waals surface area (Å²) in [6, 6.07) is 3.67. The number of halogens is 1. The highest BCUT2D eigenvalue weighted by atomic mass is 79.9.